The van der Waals surface area contributed by atoms with Gasteiger partial charge in [-0.05, 0) is 80.5 Å². The molecular weight excluding hydrogens is 733 g/mol. The van der Waals surface area contributed by atoms with Gasteiger partial charge in [-0.1, -0.05) is 97.1 Å². The Hall–Kier alpha value is -6.27. The molecule has 300 valence electrons. The highest BCUT2D eigenvalue weighted by Crippen LogP contribution is 2.35. The highest BCUT2D eigenvalue weighted by molar-refractivity contribution is 5.99. The van der Waals surface area contributed by atoms with Crippen molar-refractivity contribution in [1.29, 1.82) is 0 Å². The number of hydrogen-bond acceptors (Lipinski definition) is 7. The van der Waals surface area contributed by atoms with Gasteiger partial charge >= 0.3 is 6.09 Å². The second-order valence-corrected chi connectivity index (χ2v) is 15.8. The fourth-order valence-corrected chi connectivity index (χ4v) is 7.52. The first-order valence-corrected chi connectivity index (χ1v) is 19.8. The van der Waals surface area contributed by atoms with E-state index >= 15 is 0 Å². The molecule has 3 N–H and O–H groups in total. The zero-order valence-corrected chi connectivity index (χ0v) is 33.3. The smallest absolute Gasteiger partial charge is 0.408 e. The normalized spacial score (nSPS) is 17.9. The molecule has 12 heteroatoms. The summed E-state index contributed by atoms with van der Waals surface area (Å²) in [6.07, 6.45) is 2.89. The quantitative estimate of drug-likeness (QED) is 0.132. The first-order chi connectivity index (χ1) is 27.9. The number of anilines is 1. The number of carbonyl (C=O) groups excluding carboxylic acids is 4. The lowest BCUT2D eigenvalue weighted by Gasteiger charge is -2.37. The summed E-state index contributed by atoms with van der Waals surface area (Å²) < 4.78 is 11.1. The highest BCUT2D eigenvalue weighted by atomic mass is 16.6. The first kappa shape index (κ1) is 39.9. The van der Waals surface area contributed by atoms with E-state index in [1.807, 2.05) is 103 Å². The standard InChI is InChI=1S/C46H50N6O6/c1-30(31-12-7-5-8-13-31)43(54)51-25-11-16-38(51)41-47-28-37(49-41)34-19-17-32(18-20-34)33-21-23-36(24-22-33)48-42(53)39-29-57-27-26-52(39)44(55)40(35-14-9-6-10-15-35)50-45(56)58-46(2,3)4/h5-10,12-15,17-24,28,30,38-40H,11,16,25-27,29H2,1-4H3,(H,47,49)(H,48,53)(H,50,56)/t30-,38+,39+,40-/m1/s1. The maximum absolute atomic E-state index is 14.0. The summed E-state index contributed by atoms with van der Waals surface area (Å²) in [6.45, 7) is 8.37. The van der Waals surface area contributed by atoms with E-state index in [1.165, 1.54) is 4.90 Å². The van der Waals surface area contributed by atoms with Gasteiger partial charge in [0, 0.05) is 18.8 Å². The van der Waals surface area contributed by atoms with Crippen LogP contribution < -0.4 is 10.6 Å². The van der Waals surface area contributed by atoms with Crippen LogP contribution in [0.4, 0.5) is 10.5 Å². The summed E-state index contributed by atoms with van der Waals surface area (Å²) in [5.74, 6) is -0.151. The number of rotatable bonds is 10. The van der Waals surface area contributed by atoms with Gasteiger partial charge in [0.15, 0.2) is 0 Å². The molecule has 2 aliphatic heterocycles. The Labute approximate surface area is 339 Å². The maximum Gasteiger partial charge on any atom is 0.408 e. The highest BCUT2D eigenvalue weighted by Gasteiger charge is 2.38. The van der Waals surface area contributed by atoms with Crippen molar-refractivity contribution in [3.05, 3.63) is 132 Å². The lowest BCUT2D eigenvalue weighted by Crippen LogP contribution is -2.57. The van der Waals surface area contributed by atoms with Gasteiger partial charge in [0.1, 0.15) is 23.5 Å². The van der Waals surface area contributed by atoms with Crippen molar-refractivity contribution in [3.63, 3.8) is 0 Å². The van der Waals surface area contributed by atoms with Crippen LogP contribution in [0.5, 0.6) is 0 Å². The number of hydrogen-bond donors (Lipinski definition) is 3. The summed E-state index contributed by atoms with van der Waals surface area (Å²) >= 11 is 0. The zero-order valence-electron chi connectivity index (χ0n) is 33.3. The van der Waals surface area contributed by atoms with Crippen LogP contribution in [-0.2, 0) is 23.9 Å². The van der Waals surface area contributed by atoms with E-state index in [0.29, 0.717) is 17.8 Å². The van der Waals surface area contributed by atoms with E-state index < -0.39 is 35.6 Å². The zero-order chi connectivity index (χ0) is 40.8. The topological polar surface area (TPSA) is 146 Å². The molecule has 7 rings (SSSR count). The van der Waals surface area contributed by atoms with Gasteiger partial charge in [-0.25, -0.2) is 9.78 Å². The van der Waals surface area contributed by atoms with Crippen LogP contribution in [0.25, 0.3) is 22.4 Å². The number of amides is 4. The molecule has 4 amide bonds. The predicted octanol–water partition coefficient (Wildman–Crippen LogP) is 7.64. The Morgan fingerprint density at radius 3 is 2.07 bits per heavy atom. The number of H-pyrrole nitrogens is 1. The molecule has 0 spiro atoms. The van der Waals surface area contributed by atoms with Gasteiger partial charge in [-0.2, -0.15) is 0 Å². The Bertz CT molecular complexity index is 2200. The van der Waals surface area contributed by atoms with Crippen molar-refractivity contribution in [2.24, 2.45) is 0 Å². The number of nitrogens with one attached hydrogen (secondary N) is 3. The second-order valence-electron chi connectivity index (χ2n) is 15.8. The molecule has 0 aliphatic carbocycles. The van der Waals surface area contributed by atoms with Crippen LogP contribution in [0.1, 0.15) is 75.5 Å². The molecule has 1 aromatic heterocycles. The third kappa shape index (κ3) is 9.29. The van der Waals surface area contributed by atoms with Gasteiger partial charge in [0.2, 0.25) is 11.8 Å². The predicted molar refractivity (Wildman–Crippen MR) is 222 cm³/mol. The van der Waals surface area contributed by atoms with E-state index in [-0.39, 0.29) is 37.6 Å². The fraction of sp³-hybridized carbons (Fsp3) is 0.326. The minimum Gasteiger partial charge on any atom is -0.444 e. The number of nitrogens with zero attached hydrogens (tertiary/aromatic N) is 3. The Kier molecular flexibility index (Phi) is 12.0. The molecule has 12 nitrogen and oxygen atoms in total. The minimum absolute atomic E-state index is 0.0122. The molecule has 2 fully saturated rings. The van der Waals surface area contributed by atoms with Crippen molar-refractivity contribution >= 4 is 29.5 Å². The number of benzene rings is 4. The number of morpholine rings is 1. The molecule has 4 aromatic carbocycles. The lowest BCUT2D eigenvalue weighted by atomic mass is 9.99. The van der Waals surface area contributed by atoms with Crippen molar-refractivity contribution in [3.8, 4) is 22.4 Å². The number of carbonyl (C=O) groups is 4. The summed E-state index contributed by atoms with van der Waals surface area (Å²) in [5, 5.41) is 5.66. The number of alkyl carbamates (subject to hydrolysis) is 1. The fourth-order valence-electron chi connectivity index (χ4n) is 7.52. The molecule has 0 unspecified atom stereocenters. The molecule has 2 aliphatic rings. The SMILES string of the molecule is C[C@@H](C(=O)N1CCC[C@H]1c1ncc(-c2ccc(-c3ccc(NC(=O)[C@@H]4COCCN4C(=O)[C@H](NC(=O)OC(C)(C)C)c4ccccc4)cc3)cc2)[nH]1)c1ccccc1. The minimum atomic E-state index is -1.06. The number of aromatic amines is 1. The molecule has 58 heavy (non-hydrogen) atoms. The molecule has 0 bridgehead atoms. The van der Waals surface area contributed by atoms with Gasteiger partial charge in [0.05, 0.1) is 37.1 Å². The Morgan fingerprint density at radius 2 is 1.41 bits per heavy atom. The summed E-state index contributed by atoms with van der Waals surface area (Å²) in [4.78, 5) is 65.7. The molecule has 4 atom stereocenters. The Balaban J connectivity index is 0.987. The van der Waals surface area contributed by atoms with Crippen LogP contribution in [-0.4, -0.2) is 81.5 Å². The molecule has 0 saturated carbocycles. The van der Waals surface area contributed by atoms with Gasteiger partial charge < -0.3 is 34.9 Å². The van der Waals surface area contributed by atoms with Crippen LogP contribution in [0.2, 0.25) is 0 Å². The monoisotopic (exact) mass is 782 g/mol. The molecular formula is C46H50N6O6. The van der Waals surface area contributed by atoms with Gasteiger partial charge in [-0.3, -0.25) is 14.4 Å². The van der Waals surface area contributed by atoms with Crippen molar-refractivity contribution in [1.82, 2.24) is 25.1 Å². The number of likely N-dealkylation sites (tertiary alicyclic amines) is 1. The summed E-state index contributed by atoms with van der Waals surface area (Å²) in [6, 6.07) is 32.3. The van der Waals surface area contributed by atoms with Crippen molar-refractivity contribution < 1.29 is 28.7 Å². The number of ether oxygens (including phenoxy) is 2. The van der Waals surface area contributed by atoms with Crippen LogP contribution in [0, 0.1) is 0 Å². The number of imidazole rings is 1. The molecule has 3 heterocycles. The summed E-state index contributed by atoms with van der Waals surface area (Å²) in [5.41, 5.74) is 5.19. The average Bonchev–Trinajstić information content (AvgIpc) is 3.93. The maximum atomic E-state index is 14.0. The third-order valence-corrected chi connectivity index (χ3v) is 10.6. The van der Waals surface area contributed by atoms with E-state index in [9.17, 15) is 19.2 Å². The molecule has 2 saturated heterocycles. The lowest BCUT2D eigenvalue weighted by molar-refractivity contribution is -0.148. The largest absolute Gasteiger partial charge is 0.444 e. The van der Waals surface area contributed by atoms with E-state index in [4.69, 9.17) is 14.5 Å². The second kappa shape index (κ2) is 17.5. The van der Waals surface area contributed by atoms with Crippen LogP contribution in [0.15, 0.2) is 115 Å². The van der Waals surface area contributed by atoms with E-state index in [2.05, 4.69) is 15.6 Å². The number of aromatic nitrogens is 2. The van der Waals surface area contributed by atoms with Crippen molar-refractivity contribution in [2.75, 3.05) is 31.6 Å². The van der Waals surface area contributed by atoms with Crippen LogP contribution >= 0.6 is 0 Å². The average molecular weight is 783 g/mol. The van der Waals surface area contributed by atoms with E-state index in [0.717, 1.165) is 46.6 Å². The van der Waals surface area contributed by atoms with Crippen LogP contribution in [0.3, 0.4) is 0 Å². The molecule has 0 radical (unpaired) electrons. The van der Waals surface area contributed by atoms with E-state index in [1.54, 1.807) is 45.0 Å². The van der Waals surface area contributed by atoms with Gasteiger partial charge in [-0.15, -0.1) is 0 Å². The third-order valence-electron chi connectivity index (χ3n) is 10.6. The first-order valence-electron chi connectivity index (χ1n) is 19.8. The molecule has 5 aromatic rings. The van der Waals surface area contributed by atoms with Gasteiger partial charge in [0.25, 0.3) is 5.91 Å². The van der Waals surface area contributed by atoms with Crippen molar-refractivity contribution in [2.45, 2.75) is 70.2 Å². The Morgan fingerprint density at radius 1 is 0.793 bits per heavy atom. The summed E-state index contributed by atoms with van der Waals surface area (Å²) in [7, 11) is 0.